The lowest BCUT2D eigenvalue weighted by Gasteiger charge is -2.21. The summed E-state index contributed by atoms with van der Waals surface area (Å²) in [7, 11) is 2.55. The minimum absolute atomic E-state index is 0.0208. The van der Waals surface area contributed by atoms with Gasteiger partial charge in [-0.15, -0.1) is 11.3 Å². The highest BCUT2D eigenvalue weighted by Crippen LogP contribution is 2.21. The molecule has 1 unspecified atom stereocenters. The number of esters is 1. The van der Waals surface area contributed by atoms with Crippen LogP contribution in [-0.4, -0.2) is 43.0 Å². The zero-order valence-electron chi connectivity index (χ0n) is 18.4. The molecular formula is C23H23FN4O5S. The number of aromatic nitrogens is 1. The van der Waals surface area contributed by atoms with E-state index in [1.54, 1.807) is 12.1 Å². The second-order valence-corrected chi connectivity index (χ2v) is 8.00. The smallest absolute Gasteiger partial charge is 0.357 e. The molecule has 0 saturated heterocycles. The van der Waals surface area contributed by atoms with E-state index in [9.17, 15) is 18.8 Å². The second-order valence-electron chi connectivity index (χ2n) is 7.14. The maximum absolute atomic E-state index is 14.1. The van der Waals surface area contributed by atoms with Gasteiger partial charge in [-0.25, -0.2) is 14.2 Å². The van der Waals surface area contributed by atoms with E-state index in [4.69, 9.17) is 10.5 Å². The Balaban J connectivity index is 1.77. The third-order valence-electron chi connectivity index (χ3n) is 4.86. The predicted octanol–water partition coefficient (Wildman–Crippen LogP) is 2.44. The third kappa shape index (κ3) is 6.15. The molecule has 2 aromatic carbocycles. The van der Waals surface area contributed by atoms with Gasteiger partial charge >= 0.3 is 5.97 Å². The first-order valence-corrected chi connectivity index (χ1v) is 11.0. The number of hydrogen-bond donors (Lipinski definition) is 3. The first-order chi connectivity index (χ1) is 16.3. The predicted molar refractivity (Wildman–Crippen MR) is 124 cm³/mol. The monoisotopic (exact) mass is 486 g/mol. The average Bonchev–Trinajstić information content (AvgIpc) is 3.31. The molecule has 11 heteroatoms. The molecule has 2 amide bonds. The summed E-state index contributed by atoms with van der Waals surface area (Å²) < 4.78 is 23.6. The molecule has 0 spiro atoms. The van der Waals surface area contributed by atoms with Crippen molar-refractivity contribution in [3.05, 3.63) is 76.5 Å². The highest BCUT2D eigenvalue weighted by Gasteiger charge is 2.26. The molecular weight excluding hydrogens is 463 g/mol. The fourth-order valence-electron chi connectivity index (χ4n) is 3.07. The number of nitrogens with two attached hydrogens (primary N) is 1. The molecule has 0 fully saturated rings. The SMILES string of the molecule is COC(=O)c1csc(NC(=O)[C@H](Cc2ccccc2)NC(=O)C(N)c2ccc(OC)c(F)c2)n1. The second kappa shape index (κ2) is 11.3. The van der Waals surface area contributed by atoms with Gasteiger partial charge in [-0.2, -0.15) is 0 Å². The molecule has 0 aliphatic heterocycles. The molecule has 3 aromatic rings. The molecule has 0 bridgehead atoms. The summed E-state index contributed by atoms with van der Waals surface area (Å²) in [5, 5.41) is 6.84. The largest absolute Gasteiger partial charge is 0.494 e. The fraction of sp³-hybridized carbons (Fsp3) is 0.217. The first-order valence-electron chi connectivity index (χ1n) is 10.1. The van der Waals surface area contributed by atoms with Crippen molar-refractivity contribution in [3.8, 4) is 5.75 Å². The minimum Gasteiger partial charge on any atom is -0.494 e. The third-order valence-corrected chi connectivity index (χ3v) is 5.62. The Morgan fingerprint density at radius 1 is 1.12 bits per heavy atom. The van der Waals surface area contributed by atoms with Crippen LogP contribution in [0.5, 0.6) is 5.75 Å². The quantitative estimate of drug-likeness (QED) is 0.396. The number of rotatable bonds is 9. The van der Waals surface area contributed by atoms with Gasteiger partial charge < -0.3 is 25.8 Å². The van der Waals surface area contributed by atoms with Crippen molar-refractivity contribution in [2.75, 3.05) is 19.5 Å². The number of halogens is 1. The van der Waals surface area contributed by atoms with E-state index < -0.39 is 35.7 Å². The van der Waals surface area contributed by atoms with Crippen LogP contribution in [0.3, 0.4) is 0 Å². The molecule has 34 heavy (non-hydrogen) atoms. The molecule has 178 valence electrons. The molecule has 0 radical (unpaired) electrons. The van der Waals surface area contributed by atoms with Gasteiger partial charge in [-0.05, 0) is 23.3 Å². The lowest BCUT2D eigenvalue weighted by molar-refractivity contribution is -0.127. The number of anilines is 1. The topological polar surface area (TPSA) is 133 Å². The normalized spacial score (nSPS) is 12.4. The zero-order chi connectivity index (χ0) is 24.7. The Hall–Kier alpha value is -3.83. The number of carbonyl (C=O) groups excluding carboxylic acids is 3. The molecule has 3 rings (SSSR count). The van der Waals surface area contributed by atoms with Crippen LogP contribution in [0.15, 0.2) is 53.9 Å². The zero-order valence-corrected chi connectivity index (χ0v) is 19.2. The van der Waals surface area contributed by atoms with Gasteiger partial charge in [0.25, 0.3) is 0 Å². The maximum Gasteiger partial charge on any atom is 0.357 e. The van der Waals surface area contributed by atoms with Crippen molar-refractivity contribution >= 4 is 34.3 Å². The van der Waals surface area contributed by atoms with E-state index in [0.717, 1.165) is 23.0 Å². The Bertz CT molecular complexity index is 1170. The molecule has 0 aliphatic rings. The van der Waals surface area contributed by atoms with Gasteiger partial charge in [-0.1, -0.05) is 36.4 Å². The van der Waals surface area contributed by atoms with Crippen LogP contribution in [0.25, 0.3) is 0 Å². The number of thiazole rings is 1. The van der Waals surface area contributed by atoms with Crippen molar-refractivity contribution in [2.24, 2.45) is 5.73 Å². The highest BCUT2D eigenvalue weighted by molar-refractivity contribution is 7.14. The summed E-state index contributed by atoms with van der Waals surface area (Å²) in [4.78, 5) is 41.5. The van der Waals surface area contributed by atoms with Gasteiger partial charge in [0, 0.05) is 11.8 Å². The van der Waals surface area contributed by atoms with Gasteiger partial charge in [0.2, 0.25) is 11.8 Å². The van der Waals surface area contributed by atoms with E-state index >= 15 is 0 Å². The number of carbonyl (C=O) groups is 3. The van der Waals surface area contributed by atoms with Crippen LogP contribution >= 0.6 is 11.3 Å². The van der Waals surface area contributed by atoms with Crippen LogP contribution in [-0.2, 0) is 20.7 Å². The molecule has 4 N–H and O–H groups in total. The standard InChI is InChI=1S/C23H23FN4O5S/c1-32-18-9-8-14(11-15(18)24)19(25)21(30)26-16(10-13-6-4-3-5-7-13)20(29)28-23-27-17(12-34-23)22(31)33-2/h3-9,11-12,16,19H,10,25H2,1-2H3,(H,26,30)(H,27,28,29)/t16-,19?/m0/s1. The minimum atomic E-state index is -1.22. The summed E-state index contributed by atoms with van der Waals surface area (Å²) in [5.41, 5.74) is 7.10. The van der Waals surface area contributed by atoms with Crippen LogP contribution < -0.4 is 21.1 Å². The molecule has 0 saturated carbocycles. The van der Waals surface area contributed by atoms with E-state index in [2.05, 4.69) is 20.4 Å². The summed E-state index contributed by atoms with van der Waals surface area (Å²) in [6.45, 7) is 0. The van der Waals surface area contributed by atoms with Gasteiger partial charge in [0.15, 0.2) is 22.4 Å². The average molecular weight is 487 g/mol. The van der Waals surface area contributed by atoms with E-state index in [-0.39, 0.29) is 28.6 Å². The van der Waals surface area contributed by atoms with E-state index in [0.29, 0.717) is 0 Å². The summed E-state index contributed by atoms with van der Waals surface area (Å²) in [6, 6.07) is 10.8. The van der Waals surface area contributed by atoms with E-state index in [1.807, 2.05) is 18.2 Å². The van der Waals surface area contributed by atoms with Crippen molar-refractivity contribution in [2.45, 2.75) is 18.5 Å². The van der Waals surface area contributed by atoms with Crippen LogP contribution in [0.4, 0.5) is 9.52 Å². The van der Waals surface area contributed by atoms with Crippen molar-refractivity contribution < 1.29 is 28.2 Å². The first kappa shape index (κ1) is 24.8. The number of hydrogen-bond acceptors (Lipinski definition) is 8. The van der Waals surface area contributed by atoms with Gasteiger partial charge in [-0.3, -0.25) is 9.59 Å². The van der Waals surface area contributed by atoms with Gasteiger partial charge in [0.05, 0.1) is 14.2 Å². The Morgan fingerprint density at radius 3 is 2.50 bits per heavy atom. The number of nitrogens with one attached hydrogen (secondary N) is 2. The van der Waals surface area contributed by atoms with Crippen molar-refractivity contribution in [3.63, 3.8) is 0 Å². The summed E-state index contributed by atoms with van der Waals surface area (Å²) in [5.74, 6) is -2.51. The Labute approximate surface area is 199 Å². The van der Waals surface area contributed by atoms with Gasteiger partial charge in [0.1, 0.15) is 12.1 Å². The number of amides is 2. The van der Waals surface area contributed by atoms with Crippen LogP contribution in [0, 0.1) is 5.82 Å². The summed E-state index contributed by atoms with van der Waals surface area (Å²) >= 11 is 1.04. The van der Waals surface area contributed by atoms with Crippen LogP contribution in [0.1, 0.15) is 27.7 Å². The lowest BCUT2D eigenvalue weighted by atomic mass is 10.0. The molecule has 2 atom stereocenters. The van der Waals surface area contributed by atoms with Crippen molar-refractivity contribution in [1.82, 2.24) is 10.3 Å². The molecule has 9 nitrogen and oxygen atoms in total. The fourth-order valence-corrected chi connectivity index (χ4v) is 3.75. The number of nitrogens with zero attached hydrogens (tertiary/aromatic N) is 1. The number of methoxy groups -OCH3 is 2. The molecule has 1 aromatic heterocycles. The molecule has 0 aliphatic carbocycles. The van der Waals surface area contributed by atoms with Crippen molar-refractivity contribution in [1.29, 1.82) is 0 Å². The van der Waals surface area contributed by atoms with Crippen LogP contribution in [0.2, 0.25) is 0 Å². The Morgan fingerprint density at radius 2 is 1.85 bits per heavy atom. The number of benzene rings is 2. The molecule has 1 heterocycles. The summed E-state index contributed by atoms with van der Waals surface area (Å²) in [6.07, 6.45) is 0.164. The number of ether oxygens (including phenoxy) is 2. The highest BCUT2D eigenvalue weighted by atomic mass is 32.1. The lowest BCUT2D eigenvalue weighted by Crippen LogP contribution is -2.48. The Kier molecular flexibility index (Phi) is 8.28. The van der Waals surface area contributed by atoms with E-state index in [1.165, 1.54) is 31.7 Å². The maximum atomic E-state index is 14.1.